The number of carbonyl (C=O) groups excluding carboxylic acids is 2. The molecule has 3 fully saturated rings. The van der Waals surface area contributed by atoms with Gasteiger partial charge in [-0.25, -0.2) is 9.18 Å². The first-order valence-electron chi connectivity index (χ1n) is 10.0. The molecule has 10 heteroatoms. The average Bonchev–Trinajstić information content (AvgIpc) is 2.66. The van der Waals surface area contributed by atoms with Gasteiger partial charge in [0.1, 0.15) is 12.4 Å². The second-order valence-electron chi connectivity index (χ2n) is 8.15. The van der Waals surface area contributed by atoms with Crippen LogP contribution < -0.4 is 5.32 Å². The number of alkyl halides is 3. The third kappa shape index (κ3) is 4.38. The predicted octanol–water partition coefficient (Wildman–Crippen LogP) is 2.42. The number of rotatable bonds is 3. The molecule has 164 valence electrons. The molecule has 3 saturated heterocycles. The maximum absolute atomic E-state index is 13.9. The monoisotopic (exact) mass is 429 g/mol. The number of fused-ring (bicyclic) bond motifs is 1. The fraction of sp³-hybridized carbons (Fsp3) is 0.600. The summed E-state index contributed by atoms with van der Waals surface area (Å²) in [4.78, 5) is 27.5. The summed E-state index contributed by atoms with van der Waals surface area (Å²) in [5.74, 6) is -0.704. The van der Waals surface area contributed by atoms with Crippen LogP contribution in [0.5, 0.6) is 0 Å². The number of carbonyl (C=O) groups is 2. The molecule has 3 aliphatic heterocycles. The van der Waals surface area contributed by atoms with Crippen molar-refractivity contribution in [1.82, 2.24) is 15.1 Å². The van der Waals surface area contributed by atoms with Crippen LogP contribution in [0, 0.1) is 11.7 Å². The van der Waals surface area contributed by atoms with E-state index in [9.17, 15) is 27.2 Å². The van der Waals surface area contributed by atoms with E-state index in [1.54, 1.807) is 9.80 Å². The normalized spacial score (nSPS) is 24.9. The Labute approximate surface area is 171 Å². The number of morpholine rings is 1. The number of benzene rings is 1. The summed E-state index contributed by atoms with van der Waals surface area (Å²) in [6.45, 7) is 1.98. The highest BCUT2D eigenvalue weighted by atomic mass is 19.4. The molecule has 1 N–H and O–H groups in total. The van der Waals surface area contributed by atoms with E-state index in [1.165, 1.54) is 0 Å². The Kier molecular flexibility index (Phi) is 5.61. The number of ether oxygens (including phenoxy) is 1. The Balaban J connectivity index is 1.25. The molecule has 1 aromatic rings. The summed E-state index contributed by atoms with van der Waals surface area (Å²) < 4.78 is 57.8. The Morgan fingerprint density at radius 2 is 1.97 bits per heavy atom. The van der Waals surface area contributed by atoms with Gasteiger partial charge in [-0.15, -0.1) is 0 Å². The van der Waals surface area contributed by atoms with Crippen molar-refractivity contribution >= 4 is 11.9 Å². The topological polar surface area (TPSA) is 61.9 Å². The summed E-state index contributed by atoms with van der Waals surface area (Å²) in [5, 5.41) is 2.85. The first-order valence-corrected chi connectivity index (χ1v) is 10.0. The second kappa shape index (κ2) is 8.05. The van der Waals surface area contributed by atoms with Gasteiger partial charge < -0.3 is 19.9 Å². The van der Waals surface area contributed by atoms with Crippen molar-refractivity contribution in [1.29, 1.82) is 0 Å². The van der Waals surface area contributed by atoms with Crippen LogP contribution in [0.3, 0.4) is 0 Å². The number of amides is 3. The summed E-state index contributed by atoms with van der Waals surface area (Å²) in [5.41, 5.74) is -0.809. The van der Waals surface area contributed by atoms with Gasteiger partial charge in [0, 0.05) is 26.2 Å². The van der Waals surface area contributed by atoms with Gasteiger partial charge in [-0.05, 0) is 48.9 Å². The largest absolute Gasteiger partial charge is 0.416 e. The number of piperidine rings is 1. The summed E-state index contributed by atoms with van der Waals surface area (Å²) in [7, 11) is 0. The lowest BCUT2D eigenvalue weighted by Crippen LogP contribution is -2.64. The number of hydrogen-bond acceptors (Lipinski definition) is 3. The molecule has 0 unspecified atom stereocenters. The van der Waals surface area contributed by atoms with E-state index in [4.69, 9.17) is 4.74 Å². The molecule has 4 rings (SSSR count). The number of urea groups is 1. The number of likely N-dealkylation sites (tertiary alicyclic amines) is 2. The lowest BCUT2D eigenvalue weighted by atomic mass is 9.92. The molecule has 6 nitrogen and oxygen atoms in total. The van der Waals surface area contributed by atoms with Crippen molar-refractivity contribution < 1.29 is 31.9 Å². The average molecular weight is 429 g/mol. The van der Waals surface area contributed by atoms with Gasteiger partial charge in [0.05, 0.1) is 17.7 Å². The standard InChI is InChI=1S/C20H23F4N3O3/c21-15-4-3-14(20(22,23)24)7-13(15)2-1-12-8-27(9-12)19(29)26-6-5-17-16(10-26)25-18(28)11-30-17/h3-4,7,12,16-17H,1-2,5-6,8-11H2,(H,25,28)/t16-,17+/m1/s1. The van der Waals surface area contributed by atoms with E-state index in [-0.39, 0.29) is 48.6 Å². The number of halogens is 4. The van der Waals surface area contributed by atoms with Gasteiger partial charge in [0.2, 0.25) is 5.91 Å². The lowest BCUT2D eigenvalue weighted by Gasteiger charge is -2.46. The van der Waals surface area contributed by atoms with Gasteiger partial charge in [-0.3, -0.25) is 4.79 Å². The van der Waals surface area contributed by atoms with Crippen LogP contribution in [0.15, 0.2) is 18.2 Å². The van der Waals surface area contributed by atoms with Crippen LogP contribution in [0.1, 0.15) is 24.0 Å². The molecule has 0 radical (unpaired) electrons. The molecular weight excluding hydrogens is 406 g/mol. The van der Waals surface area contributed by atoms with E-state index in [0.29, 0.717) is 39.0 Å². The quantitative estimate of drug-likeness (QED) is 0.751. The molecule has 0 bridgehead atoms. The van der Waals surface area contributed by atoms with E-state index < -0.39 is 17.6 Å². The zero-order chi connectivity index (χ0) is 21.5. The van der Waals surface area contributed by atoms with Gasteiger partial charge in [-0.1, -0.05) is 0 Å². The molecule has 0 aliphatic carbocycles. The second-order valence-corrected chi connectivity index (χ2v) is 8.15. The van der Waals surface area contributed by atoms with Crippen LogP contribution in [-0.2, 0) is 22.1 Å². The van der Waals surface area contributed by atoms with Gasteiger partial charge in [0.15, 0.2) is 0 Å². The van der Waals surface area contributed by atoms with Crippen LogP contribution in [0.25, 0.3) is 0 Å². The summed E-state index contributed by atoms with van der Waals surface area (Å²) in [6, 6.07) is 2.14. The number of nitrogens with zero attached hydrogens (tertiary/aromatic N) is 2. The minimum Gasteiger partial charge on any atom is -0.366 e. The number of aryl methyl sites for hydroxylation is 1. The van der Waals surface area contributed by atoms with E-state index in [1.807, 2.05) is 0 Å². The highest BCUT2D eigenvalue weighted by Crippen LogP contribution is 2.31. The fourth-order valence-corrected chi connectivity index (χ4v) is 4.28. The predicted molar refractivity (Wildman–Crippen MR) is 98.0 cm³/mol. The van der Waals surface area contributed by atoms with Crippen LogP contribution in [-0.4, -0.2) is 66.7 Å². The molecular formula is C20H23F4N3O3. The van der Waals surface area contributed by atoms with Gasteiger partial charge in [0.25, 0.3) is 0 Å². The number of hydrogen-bond donors (Lipinski definition) is 1. The Hall–Kier alpha value is -2.36. The van der Waals surface area contributed by atoms with Crippen LogP contribution in [0.2, 0.25) is 0 Å². The SMILES string of the molecule is O=C1CO[C@H]2CCN(C(=O)N3CC(CCc4cc(C(F)(F)F)ccc4F)C3)C[C@H]2N1. The van der Waals surface area contributed by atoms with Crippen LogP contribution in [0.4, 0.5) is 22.4 Å². The fourth-order valence-electron chi connectivity index (χ4n) is 4.28. The van der Waals surface area contributed by atoms with Gasteiger partial charge >= 0.3 is 12.2 Å². The summed E-state index contributed by atoms with van der Waals surface area (Å²) in [6.07, 6.45) is -3.21. The Morgan fingerprint density at radius 1 is 1.20 bits per heavy atom. The van der Waals surface area contributed by atoms with Gasteiger partial charge in [-0.2, -0.15) is 13.2 Å². The molecule has 2 atom stereocenters. The van der Waals surface area contributed by atoms with E-state index in [0.717, 1.165) is 18.2 Å². The maximum atomic E-state index is 13.9. The first-order chi connectivity index (χ1) is 14.2. The molecule has 3 aliphatic rings. The minimum absolute atomic E-state index is 0.0460. The van der Waals surface area contributed by atoms with Crippen molar-refractivity contribution in [3.05, 3.63) is 35.1 Å². The van der Waals surface area contributed by atoms with Crippen molar-refractivity contribution in [2.75, 3.05) is 32.8 Å². The zero-order valence-electron chi connectivity index (χ0n) is 16.3. The Morgan fingerprint density at radius 3 is 2.70 bits per heavy atom. The van der Waals surface area contributed by atoms with E-state index in [2.05, 4.69) is 5.32 Å². The zero-order valence-corrected chi connectivity index (χ0v) is 16.3. The van der Waals surface area contributed by atoms with Crippen molar-refractivity contribution in [3.63, 3.8) is 0 Å². The molecule has 0 aromatic heterocycles. The minimum atomic E-state index is -4.50. The molecule has 0 saturated carbocycles. The van der Waals surface area contributed by atoms with Crippen molar-refractivity contribution in [2.45, 2.75) is 37.6 Å². The van der Waals surface area contributed by atoms with E-state index >= 15 is 0 Å². The molecule has 1 aromatic carbocycles. The molecule has 0 spiro atoms. The lowest BCUT2D eigenvalue weighted by molar-refractivity contribution is -0.140. The first kappa shape index (κ1) is 20.9. The third-order valence-electron chi connectivity index (χ3n) is 6.02. The highest BCUT2D eigenvalue weighted by molar-refractivity contribution is 5.79. The van der Waals surface area contributed by atoms with Crippen molar-refractivity contribution in [3.8, 4) is 0 Å². The molecule has 3 amide bonds. The molecule has 3 heterocycles. The Bertz CT molecular complexity index is 826. The van der Waals surface area contributed by atoms with Crippen LogP contribution >= 0.6 is 0 Å². The molecule has 30 heavy (non-hydrogen) atoms. The summed E-state index contributed by atoms with van der Waals surface area (Å²) >= 11 is 0. The third-order valence-corrected chi connectivity index (χ3v) is 6.02. The highest BCUT2D eigenvalue weighted by Gasteiger charge is 2.40. The number of nitrogens with one attached hydrogen (secondary N) is 1. The maximum Gasteiger partial charge on any atom is 0.416 e. The smallest absolute Gasteiger partial charge is 0.366 e. The van der Waals surface area contributed by atoms with Crippen molar-refractivity contribution in [2.24, 2.45) is 5.92 Å².